The van der Waals surface area contributed by atoms with Gasteiger partial charge in [0.05, 0.1) is 7.11 Å². The summed E-state index contributed by atoms with van der Waals surface area (Å²) in [5, 5.41) is 2.72. The van der Waals surface area contributed by atoms with Crippen molar-refractivity contribution in [2.24, 2.45) is 0 Å². The average Bonchev–Trinajstić information content (AvgIpc) is 2.86. The van der Waals surface area contributed by atoms with Crippen LogP contribution in [0.1, 0.15) is 22.3 Å². The molecule has 6 heteroatoms. The van der Waals surface area contributed by atoms with E-state index in [-0.39, 0.29) is 25.0 Å². The fourth-order valence-electron chi connectivity index (χ4n) is 3.77. The van der Waals surface area contributed by atoms with Gasteiger partial charge in [-0.2, -0.15) is 0 Å². The number of nitrogens with one attached hydrogen (secondary N) is 1. The zero-order valence-electron chi connectivity index (χ0n) is 20.2. The lowest BCUT2D eigenvalue weighted by atomic mass is 10.0. The minimum Gasteiger partial charge on any atom is -0.497 e. The number of hydrogen-bond acceptors (Lipinski definition) is 4. The molecule has 0 aromatic heterocycles. The number of aryl methyl sites for hydroxylation is 2. The second-order valence-corrected chi connectivity index (χ2v) is 8.25. The van der Waals surface area contributed by atoms with Crippen molar-refractivity contribution in [1.82, 2.24) is 10.2 Å². The van der Waals surface area contributed by atoms with Gasteiger partial charge < -0.3 is 19.7 Å². The second kappa shape index (κ2) is 11.9. The van der Waals surface area contributed by atoms with E-state index in [1.54, 1.807) is 19.1 Å². The Balaban J connectivity index is 1.90. The van der Waals surface area contributed by atoms with Crippen molar-refractivity contribution in [2.75, 3.05) is 20.8 Å². The summed E-state index contributed by atoms with van der Waals surface area (Å²) in [6.07, 6.45) is 0.389. The van der Waals surface area contributed by atoms with Crippen LogP contribution in [0.4, 0.5) is 0 Å². The van der Waals surface area contributed by atoms with Gasteiger partial charge in [0.15, 0.2) is 6.61 Å². The Labute approximate surface area is 201 Å². The van der Waals surface area contributed by atoms with E-state index in [2.05, 4.69) is 5.32 Å². The van der Waals surface area contributed by atoms with E-state index in [1.807, 2.05) is 86.6 Å². The van der Waals surface area contributed by atoms with Crippen molar-refractivity contribution in [3.63, 3.8) is 0 Å². The van der Waals surface area contributed by atoms with E-state index in [0.29, 0.717) is 17.9 Å². The number of carbonyl (C=O) groups is 2. The lowest BCUT2D eigenvalue weighted by Crippen LogP contribution is -2.51. The van der Waals surface area contributed by atoms with Gasteiger partial charge in [0, 0.05) is 20.0 Å². The lowest BCUT2D eigenvalue weighted by molar-refractivity contribution is -0.142. The number of rotatable bonds is 10. The van der Waals surface area contributed by atoms with Gasteiger partial charge in [-0.3, -0.25) is 9.59 Å². The molecule has 1 N–H and O–H groups in total. The molecule has 3 aromatic rings. The van der Waals surface area contributed by atoms with Crippen LogP contribution in [0.3, 0.4) is 0 Å². The third-order valence-electron chi connectivity index (χ3n) is 5.70. The summed E-state index contributed by atoms with van der Waals surface area (Å²) in [5.41, 5.74) is 3.83. The number of carbonyl (C=O) groups excluding carboxylic acids is 2. The monoisotopic (exact) mass is 460 g/mol. The molecule has 3 rings (SSSR count). The fourth-order valence-corrected chi connectivity index (χ4v) is 3.77. The van der Waals surface area contributed by atoms with Crippen molar-refractivity contribution >= 4 is 11.8 Å². The van der Waals surface area contributed by atoms with Crippen molar-refractivity contribution < 1.29 is 19.1 Å². The van der Waals surface area contributed by atoms with Crippen LogP contribution in [0.15, 0.2) is 72.8 Å². The van der Waals surface area contributed by atoms with Crippen LogP contribution >= 0.6 is 0 Å². The highest BCUT2D eigenvalue weighted by molar-refractivity contribution is 5.88. The predicted molar refractivity (Wildman–Crippen MR) is 133 cm³/mol. The van der Waals surface area contributed by atoms with Crippen molar-refractivity contribution in [1.29, 1.82) is 0 Å². The highest BCUT2D eigenvalue weighted by atomic mass is 16.5. The zero-order chi connectivity index (χ0) is 24.5. The van der Waals surface area contributed by atoms with Gasteiger partial charge >= 0.3 is 0 Å². The standard InChI is InChI=1S/C28H32N2O4/c1-20-13-14-21(2)26(15-20)34-19-27(31)30(18-23-11-8-12-24(16-23)33-4)25(28(32)29-3)17-22-9-6-5-7-10-22/h5-16,25H,17-19H2,1-4H3,(H,29,32)/t25-/m1/s1. The van der Waals surface area contributed by atoms with E-state index in [0.717, 1.165) is 22.3 Å². The molecule has 0 saturated carbocycles. The number of hydrogen-bond donors (Lipinski definition) is 1. The minimum absolute atomic E-state index is 0.170. The van der Waals surface area contributed by atoms with Gasteiger partial charge in [0.1, 0.15) is 17.5 Å². The molecule has 0 heterocycles. The SMILES string of the molecule is CNC(=O)[C@@H](Cc1ccccc1)N(Cc1cccc(OC)c1)C(=O)COc1cc(C)ccc1C. The maximum atomic E-state index is 13.5. The fraction of sp³-hybridized carbons (Fsp3) is 0.286. The third-order valence-corrected chi connectivity index (χ3v) is 5.70. The first kappa shape index (κ1) is 24.8. The van der Waals surface area contributed by atoms with E-state index >= 15 is 0 Å². The van der Waals surface area contributed by atoms with E-state index in [9.17, 15) is 9.59 Å². The molecule has 0 bridgehead atoms. The topological polar surface area (TPSA) is 67.9 Å². The van der Waals surface area contributed by atoms with Crippen LogP contribution in [0.2, 0.25) is 0 Å². The lowest BCUT2D eigenvalue weighted by Gasteiger charge is -2.31. The number of nitrogens with zero attached hydrogens (tertiary/aromatic N) is 1. The summed E-state index contributed by atoms with van der Waals surface area (Å²) in [6, 6.07) is 22.4. The highest BCUT2D eigenvalue weighted by Crippen LogP contribution is 2.21. The highest BCUT2D eigenvalue weighted by Gasteiger charge is 2.30. The first-order chi connectivity index (χ1) is 16.4. The van der Waals surface area contributed by atoms with Crippen LogP contribution in [-0.4, -0.2) is 43.5 Å². The summed E-state index contributed by atoms with van der Waals surface area (Å²) in [4.78, 5) is 28.1. The van der Waals surface area contributed by atoms with Gasteiger partial charge in [-0.25, -0.2) is 0 Å². The maximum absolute atomic E-state index is 13.5. The normalized spacial score (nSPS) is 11.4. The summed E-state index contributed by atoms with van der Waals surface area (Å²) in [7, 11) is 3.18. The molecule has 6 nitrogen and oxygen atoms in total. The molecule has 34 heavy (non-hydrogen) atoms. The molecular weight excluding hydrogens is 428 g/mol. The second-order valence-electron chi connectivity index (χ2n) is 8.25. The Bertz CT molecular complexity index is 1110. The molecule has 0 spiro atoms. The van der Waals surface area contributed by atoms with E-state index < -0.39 is 6.04 Å². The van der Waals surface area contributed by atoms with Crippen LogP contribution in [0.25, 0.3) is 0 Å². The summed E-state index contributed by atoms with van der Waals surface area (Å²) < 4.78 is 11.3. The van der Waals surface area contributed by atoms with Crippen molar-refractivity contribution in [3.8, 4) is 11.5 Å². The predicted octanol–water partition coefficient (Wildman–Crippen LogP) is 4.08. The van der Waals surface area contributed by atoms with Gasteiger partial charge in [-0.1, -0.05) is 54.6 Å². The van der Waals surface area contributed by atoms with Crippen molar-refractivity contribution in [3.05, 3.63) is 95.1 Å². The smallest absolute Gasteiger partial charge is 0.261 e. The molecule has 0 aliphatic rings. The largest absolute Gasteiger partial charge is 0.497 e. The molecule has 0 aliphatic heterocycles. The van der Waals surface area contributed by atoms with Crippen LogP contribution in [-0.2, 0) is 22.6 Å². The number of benzene rings is 3. The van der Waals surface area contributed by atoms with Crippen LogP contribution in [0.5, 0.6) is 11.5 Å². The summed E-state index contributed by atoms with van der Waals surface area (Å²) >= 11 is 0. The van der Waals surface area contributed by atoms with E-state index in [4.69, 9.17) is 9.47 Å². The number of methoxy groups -OCH3 is 1. The molecule has 178 valence electrons. The third kappa shape index (κ3) is 6.61. The number of amides is 2. The Morgan fingerprint density at radius 3 is 2.38 bits per heavy atom. The Kier molecular flexibility index (Phi) is 8.68. The number of likely N-dealkylation sites (N-methyl/N-ethyl adjacent to an activating group) is 1. The minimum atomic E-state index is -0.701. The first-order valence-electron chi connectivity index (χ1n) is 11.3. The van der Waals surface area contributed by atoms with E-state index in [1.165, 1.54) is 0 Å². The zero-order valence-corrected chi connectivity index (χ0v) is 20.2. The molecule has 0 fully saturated rings. The molecule has 0 saturated heterocycles. The first-order valence-corrected chi connectivity index (χ1v) is 11.3. The van der Waals surface area contributed by atoms with Crippen molar-refractivity contribution in [2.45, 2.75) is 32.9 Å². The number of ether oxygens (including phenoxy) is 2. The summed E-state index contributed by atoms with van der Waals surface area (Å²) in [5.74, 6) is 0.852. The molecule has 0 aliphatic carbocycles. The molecule has 0 unspecified atom stereocenters. The molecule has 0 radical (unpaired) electrons. The maximum Gasteiger partial charge on any atom is 0.261 e. The van der Waals surface area contributed by atoms with Crippen LogP contribution in [0, 0.1) is 13.8 Å². The Hall–Kier alpha value is -3.80. The van der Waals surface area contributed by atoms with Gasteiger partial charge in [0.2, 0.25) is 5.91 Å². The Morgan fingerprint density at radius 1 is 0.941 bits per heavy atom. The summed E-state index contributed by atoms with van der Waals surface area (Å²) in [6.45, 7) is 3.99. The van der Waals surface area contributed by atoms with Gasteiger partial charge in [-0.05, 0) is 54.3 Å². The van der Waals surface area contributed by atoms with Crippen LogP contribution < -0.4 is 14.8 Å². The van der Waals surface area contributed by atoms with Gasteiger partial charge in [0.25, 0.3) is 5.91 Å². The molecule has 2 amide bonds. The van der Waals surface area contributed by atoms with Gasteiger partial charge in [-0.15, -0.1) is 0 Å². The molecular formula is C28H32N2O4. The average molecular weight is 461 g/mol. The Morgan fingerprint density at radius 2 is 1.68 bits per heavy atom. The molecule has 3 aromatic carbocycles. The quantitative estimate of drug-likeness (QED) is 0.495. The molecule has 1 atom stereocenters.